The van der Waals surface area contributed by atoms with Crippen molar-refractivity contribution < 1.29 is 13.2 Å². The summed E-state index contributed by atoms with van der Waals surface area (Å²) in [6, 6.07) is 14.2. The Balaban J connectivity index is 2.39. The minimum absolute atomic E-state index is 0.202. The Morgan fingerprint density at radius 1 is 1.08 bits per heavy atom. The van der Waals surface area contributed by atoms with Gasteiger partial charge in [-0.05, 0) is 46.6 Å². The Kier molecular flexibility index (Phi) is 5.42. The molecule has 2 aromatic rings. The molecule has 24 heavy (non-hydrogen) atoms. The molecule has 0 N–H and O–H groups in total. The van der Waals surface area contributed by atoms with Gasteiger partial charge in [0.1, 0.15) is 0 Å². The molecule has 0 bridgehead atoms. The van der Waals surface area contributed by atoms with Gasteiger partial charge in [0.15, 0.2) is 0 Å². The Morgan fingerprint density at radius 2 is 1.75 bits per heavy atom. The quantitative estimate of drug-likeness (QED) is 0.547. The maximum atomic E-state index is 13.3. The van der Waals surface area contributed by atoms with Crippen molar-refractivity contribution in [2.75, 3.05) is 0 Å². The zero-order valence-corrected chi connectivity index (χ0v) is 14.7. The van der Waals surface area contributed by atoms with Gasteiger partial charge in [0.25, 0.3) is 0 Å². The zero-order valence-electron chi connectivity index (χ0n) is 14.7. The van der Waals surface area contributed by atoms with Gasteiger partial charge in [-0.3, -0.25) is 0 Å². The summed E-state index contributed by atoms with van der Waals surface area (Å²) in [7, 11) is 0. The molecule has 0 aliphatic carbocycles. The van der Waals surface area contributed by atoms with Crippen molar-refractivity contribution in [1.82, 2.24) is 0 Å². The molecule has 0 aliphatic rings. The number of halogens is 3. The first-order valence-electron chi connectivity index (χ1n) is 8.32. The largest absolute Gasteiger partial charge is 0.417 e. The lowest BCUT2D eigenvalue weighted by Gasteiger charge is -2.27. The number of hydrogen-bond donors (Lipinski definition) is 0. The predicted molar refractivity (Wildman–Crippen MR) is 92.8 cm³/mol. The van der Waals surface area contributed by atoms with E-state index in [0.29, 0.717) is 5.56 Å². The van der Waals surface area contributed by atoms with Gasteiger partial charge >= 0.3 is 6.18 Å². The molecule has 0 aromatic heterocycles. The molecule has 0 spiro atoms. The molecule has 0 saturated heterocycles. The van der Waals surface area contributed by atoms with Crippen LogP contribution in [0.4, 0.5) is 13.2 Å². The van der Waals surface area contributed by atoms with Crippen molar-refractivity contribution in [3.05, 3.63) is 59.7 Å². The van der Waals surface area contributed by atoms with Crippen molar-refractivity contribution >= 4 is 0 Å². The van der Waals surface area contributed by atoms with Gasteiger partial charge in [0.2, 0.25) is 0 Å². The highest BCUT2D eigenvalue weighted by Gasteiger charge is 2.33. The summed E-state index contributed by atoms with van der Waals surface area (Å²) in [5.41, 5.74) is 1.39. The van der Waals surface area contributed by atoms with Crippen LogP contribution >= 0.6 is 0 Å². The van der Waals surface area contributed by atoms with E-state index in [1.165, 1.54) is 12.1 Å². The lowest BCUT2D eigenvalue weighted by atomic mass is 9.78. The fourth-order valence-corrected chi connectivity index (χ4v) is 3.00. The lowest BCUT2D eigenvalue weighted by Crippen LogP contribution is -2.13. The Morgan fingerprint density at radius 3 is 2.38 bits per heavy atom. The summed E-state index contributed by atoms with van der Waals surface area (Å²) < 4.78 is 39.8. The third-order valence-electron chi connectivity index (χ3n) is 4.71. The highest BCUT2D eigenvalue weighted by Crippen LogP contribution is 2.39. The molecule has 1 unspecified atom stereocenters. The Labute approximate surface area is 142 Å². The second-order valence-corrected chi connectivity index (χ2v) is 7.20. The van der Waals surface area contributed by atoms with Crippen LogP contribution in [0.15, 0.2) is 42.5 Å². The highest BCUT2D eigenvalue weighted by atomic mass is 19.4. The van der Waals surface area contributed by atoms with Gasteiger partial charge in [-0.25, -0.2) is 0 Å². The molecule has 129 valence electrons. The second kappa shape index (κ2) is 7.00. The average Bonchev–Trinajstić information content (AvgIpc) is 2.54. The Hall–Kier alpha value is -1.77. The van der Waals surface area contributed by atoms with Crippen LogP contribution in [0.3, 0.4) is 0 Å². The van der Waals surface area contributed by atoms with Gasteiger partial charge in [-0.2, -0.15) is 13.2 Å². The van der Waals surface area contributed by atoms with E-state index in [0.717, 1.165) is 24.5 Å². The van der Waals surface area contributed by atoms with E-state index < -0.39 is 11.7 Å². The lowest BCUT2D eigenvalue weighted by molar-refractivity contribution is -0.137. The van der Waals surface area contributed by atoms with Crippen molar-refractivity contribution in [3.8, 4) is 11.1 Å². The minimum Gasteiger partial charge on any atom is -0.166 e. The molecular weight excluding hydrogens is 309 g/mol. The first-order valence-corrected chi connectivity index (χ1v) is 8.32. The third-order valence-corrected chi connectivity index (χ3v) is 4.71. The smallest absolute Gasteiger partial charge is 0.166 e. The van der Waals surface area contributed by atoms with Gasteiger partial charge in [0, 0.05) is 0 Å². The van der Waals surface area contributed by atoms with Crippen LogP contribution in [-0.2, 0) is 6.18 Å². The zero-order chi connectivity index (χ0) is 18.0. The third kappa shape index (κ3) is 4.40. The van der Waals surface area contributed by atoms with E-state index >= 15 is 0 Å². The number of rotatable bonds is 5. The molecule has 0 amide bonds. The summed E-state index contributed by atoms with van der Waals surface area (Å²) in [6.07, 6.45) is -2.32. The fraction of sp³-hybridized carbons (Fsp3) is 0.429. The molecule has 0 nitrogen and oxygen atoms in total. The number of hydrogen-bond acceptors (Lipinski definition) is 0. The maximum absolute atomic E-state index is 13.3. The molecule has 0 fully saturated rings. The summed E-state index contributed by atoms with van der Waals surface area (Å²) >= 11 is 0. The molecule has 0 heterocycles. The first kappa shape index (κ1) is 18.6. The normalized spacial score (nSPS) is 13.8. The summed E-state index contributed by atoms with van der Waals surface area (Å²) in [5, 5.41) is 0. The molecule has 2 rings (SSSR count). The number of benzene rings is 2. The van der Waals surface area contributed by atoms with E-state index in [2.05, 4.69) is 33.8 Å². The minimum atomic E-state index is -4.36. The van der Waals surface area contributed by atoms with Crippen LogP contribution in [-0.4, -0.2) is 0 Å². The Bertz CT molecular complexity index is 683. The van der Waals surface area contributed by atoms with Crippen molar-refractivity contribution in [1.29, 1.82) is 0 Å². The van der Waals surface area contributed by atoms with Crippen LogP contribution in [0.25, 0.3) is 11.1 Å². The van der Waals surface area contributed by atoms with E-state index in [4.69, 9.17) is 0 Å². The molecule has 1 atom stereocenters. The molecule has 3 heteroatoms. The SMILES string of the molecule is CCC(C)(C)CC(C)c1[c]ccc(-c2ccccc2C(F)(F)F)c1. The van der Waals surface area contributed by atoms with Gasteiger partial charge in [0.05, 0.1) is 5.56 Å². The monoisotopic (exact) mass is 333 g/mol. The summed E-state index contributed by atoms with van der Waals surface area (Å²) in [6.45, 7) is 8.70. The highest BCUT2D eigenvalue weighted by molar-refractivity contribution is 5.68. The summed E-state index contributed by atoms with van der Waals surface area (Å²) in [5.74, 6) is 0.248. The predicted octanol–water partition coefficient (Wildman–Crippen LogP) is 7.10. The second-order valence-electron chi connectivity index (χ2n) is 7.20. The van der Waals surface area contributed by atoms with Crippen molar-refractivity contribution in [2.45, 2.75) is 52.6 Å². The average molecular weight is 333 g/mol. The topological polar surface area (TPSA) is 0 Å². The van der Waals surface area contributed by atoms with Gasteiger partial charge < -0.3 is 0 Å². The molecule has 0 saturated carbocycles. The van der Waals surface area contributed by atoms with Crippen LogP contribution in [0.5, 0.6) is 0 Å². The van der Waals surface area contributed by atoms with Crippen LogP contribution in [0.2, 0.25) is 0 Å². The van der Waals surface area contributed by atoms with Crippen LogP contribution in [0.1, 0.15) is 57.6 Å². The van der Waals surface area contributed by atoms with Crippen molar-refractivity contribution in [3.63, 3.8) is 0 Å². The fourth-order valence-electron chi connectivity index (χ4n) is 3.00. The van der Waals surface area contributed by atoms with Crippen molar-refractivity contribution in [2.24, 2.45) is 5.41 Å². The van der Waals surface area contributed by atoms with Gasteiger partial charge in [-0.15, -0.1) is 0 Å². The molecule has 1 radical (unpaired) electrons. The van der Waals surface area contributed by atoms with E-state index in [1.54, 1.807) is 18.2 Å². The molecule has 2 aromatic carbocycles. The molecular formula is C21H24F3. The van der Waals surface area contributed by atoms with Crippen LogP contribution < -0.4 is 0 Å². The summed E-state index contributed by atoms with van der Waals surface area (Å²) in [4.78, 5) is 0. The van der Waals surface area contributed by atoms with Crippen LogP contribution in [0, 0.1) is 11.5 Å². The van der Waals surface area contributed by atoms with Gasteiger partial charge in [-0.1, -0.05) is 70.5 Å². The van der Waals surface area contributed by atoms with E-state index in [1.807, 2.05) is 6.07 Å². The van der Waals surface area contributed by atoms with E-state index in [-0.39, 0.29) is 16.9 Å². The molecule has 0 aliphatic heterocycles. The number of alkyl halides is 3. The van der Waals surface area contributed by atoms with E-state index in [9.17, 15) is 13.2 Å². The maximum Gasteiger partial charge on any atom is 0.417 e. The standard InChI is InChI=1S/C21H24F3/c1-5-20(3,4)14-15(2)16-9-8-10-17(13-16)18-11-6-7-12-19(18)21(22,23)24/h6-8,10-13,15H,5,14H2,1-4H3. The first-order chi connectivity index (χ1) is 11.1.